The van der Waals surface area contributed by atoms with E-state index in [0.717, 1.165) is 5.56 Å². The number of hydrogen-bond donors (Lipinski definition) is 3. The quantitative estimate of drug-likeness (QED) is 0.741. The van der Waals surface area contributed by atoms with Gasteiger partial charge in [-0.1, -0.05) is 23.2 Å². The molecule has 1 aromatic rings. The molecule has 0 saturated heterocycles. The lowest BCUT2D eigenvalue weighted by Gasteiger charge is -2.09. The predicted molar refractivity (Wildman–Crippen MR) is 61.3 cm³/mol. The van der Waals surface area contributed by atoms with Crippen LogP contribution >= 0.6 is 23.2 Å². The van der Waals surface area contributed by atoms with Crippen molar-refractivity contribution in [3.63, 3.8) is 0 Å². The highest BCUT2D eigenvalue weighted by atomic mass is 35.5. The van der Waals surface area contributed by atoms with E-state index in [4.69, 9.17) is 33.4 Å². The Morgan fingerprint density at radius 1 is 1.20 bits per heavy atom. The lowest BCUT2D eigenvalue weighted by atomic mass is 10.2. The first-order valence-corrected chi connectivity index (χ1v) is 5.32. The van der Waals surface area contributed by atoms with Crippen molar-refractivity contribution < 1.29 is 10.2 Å². The Balaban J connectivity index is 2.43. The van der Waals surface area contributed by atoms with Crippen LogP contribution in [0.2, 0.25) is 10.0 Å². The highest BCUT2D eigenvalue weighted by Crippen LogP contribution is 2.18. The zero-order valence-corrected chi connectivity index (χ0v) is 9.59. The van der Waals surface area contributed by atoms with Crippen molar-refractivity contribution >= 4 is 23.2 Å². The molecule has 0 aliphatic rings. The molecule has 5 heteroatoms. The van der Waals surface area contributed by atoms with E-state index < -0.39 is 6.10 Å². The summed E-state index contributed by atoms with van der Waals surface area (Å²) in [6, 6.07) is 5.26. The van der Waals surface area contributed by atoms with Crippen LogP contribution in [0, 0.1) is 0 Å². The summed E-state index contributed by atoms with van der Waals surface area (Å²) in [4.78, 5) is 0. The third kappa shape index (κ3) is 4.82. The number of benzene rings is 1. The fourth-order valence-corrected chi connectivity index (χ4v) is 1.73. The molecule has 1 unspecified atom stereocenters. The van der Waals surface area contributed by atoms with Crippen molar-refractivity contribution in [1.82, 2.24) is 5.32 Å². The van der Waals surface area contributed by atoms with Crippen LogP contribution in [0.1, 0.15) is 5.56 Å². The first-order valence-electron chi connectivity index (χ1n) is 4.56. The summed E-state index contributed by atoms with van der Waals surface area (Å²) in [6.07, 6.45) is -0.736. The van der Waals surface area contributed by atoms with Gasteiger partial charge in [-0.05, 0) is 23.8 Å². The summed E-state index contributed by atoms with van der Waals surface area (Å²) in [7, 11) is 0. The highest BCUT2D eigenvalue weighted by molar-refractivity contribution is 6.34. The Hall–Kier alpha value is -0.320. The molecule has 84 valence electrons. The lowest BCUT2D eigenvalue weighted by molar-refractivity contribution is 0.0942. The van der Waals surface area contributed by atoms with Crippen LogP contribution in [0.3, 0.4) is 0 Å². The Labute approximate surface area is 98.6 Å². The average molecular weight is 250 g/mol. The summed E-state index contributed by atoms with van der Waals surface area (Å²) >= 11 is 11.6. The maximum atomic E-state index is 9.08. The molecule has 0 aliphatic heterocycles. The normalized spacial score (nSPS) is 12.8. The standard InChI is InChI=1S/C10H13Cl2NO2/c11-8-1-7(2-9(12)3-8)4-13-5-10(15)6-14/h1-3,10,13-15H,4-6H2. The van der Waals surface area contributed by atoms with Crippen LogP contribution in [-0.4, -0.2) is 29.5 Å². The minimum absolute atomic E-state index is 0.247. The van der Waals surface area contributed by atoms with Gasteiger partial charge in [0.05, 0.1) is 12.7 Å². The van der Waals surface area contributed by atoms with Crippen LogP contribution in [0.15, 0.2) is 18.2 Å². The number of aliphatic hydroxyl groups excluding tert-OH is 2. The molecule has 0 spiro atoms. The third-order valence-electron chi connectivity index (χ3n) is 1.84. The first kappa shape index (κ1) is 12.7. The van der Waals surface area contributed by atoms with Gasteiger partial charge in [-0.2, -0.15) is 0 Å². The second kappa shape index (κ2) is 6.30. The summed E-state index contributed by atoms with van der Waals surface area (Å²) in [5.41, 5.74) is 0.942. The molecule has 0 bridgehead atoms. The molecule has 0 aromatic heterocycles. The van der Waals surface area contributed by atoms with E-state index in [1.165, 1.54) is 0 Å². The smallest absolute Gasteiger partial charge is 0.0895 e. The maximum absolute atomic E-state index is 9.08. The topological polar surface area (TPSA) is 52.5 Å². The van der Waals surface area contributed by atoms with Gasteiger partial charge in [-0.3, -0.25) is 0 Å². The summed E-state index contributed by atoms with van der Waals surface area (Å²) in [5, 5.41) is 21.8. The lowest BCUT2D eigenvalue weighted by Crippen LogP contribution is -2.28. The van der Waals surface area contributed by atoms with Gasteiger partial charge in [0.25, 0.3) is 0 Å². The zero-order chi connectivity index (χ0) is 11.3. The second-order valence-corrected chi connectivity index (χ2v) is 4.12. The molecule has 0 heterocycles. The maximum Gasteiger partial charge on any atom is 0.0895 e. The van der Waals surface area contributed by atoms with Crippen LogP contribution < -0.4 is 5.32 Å². The van der Waals surface area contributed by atoms with Crippen molar-refractivity contribution in [1.29, 1.82) is 0 Å². The van der Waals surface area contributed by atoms with Crippen molar-refractivity contribution in [2.75, 3.05) is 13.2 Å². The molecule has 0 saturated carbocycles. The van der Waals surface area contributed by atoms with Crippen molar-refractivity contribution in [2.45, 2.75) is 12.6 Å². The monoisotopic (exact) mass is 249 g/mol. The molecule has 0 fully saturated rings. The first-order chi connectivity index (χ1) is 7.11. The average Bonchev–Trinajstić information content (AvgIpc) is 2.16. The van der Waals surface area contributed by atoms with E-state index in [0.29, 0.717) is 23.1 Å². The van der Waals surface area contributed by atoms with Gasteiger partial charge in [-0.25, -0.2) is 0 Å². The van der Waals surface area contributed by atoms with E-state index in [-0.39, 0.29) is 6.61 Å². The molecule has 0 aliphatic carbocycles. The van der Waals surface area contributed by atoms with E-state index in [9.17, 15) is 0 Å². The van der Waals surface area contributed by atoms with Gasteiger partial charge in [0.1, 0.15) is 0 Å². The van der Waals surface area contributed by atoms with Gasteiger partial charge in [0.2, 0.25) is 0 Å². The van der Waals surface area contributed by atoms with E-state index in [1.807, 2.05) is 0 Å². The second-order valence-electron chi connectivity index (χ2n) is 3.24. The van der Waals surface area contributed by atoms with Gasteiger partial charge in [-0.15, -0.1) is 0 Å². The van der Waals surface area contributed by atoms with Crippen LogP contribution in [0.25, 0.3) is 0 Å². The molecule has 1 aromatic carbocycles. The summed E-state index contributed by atoms with van der Waals surface area (Å²) in [6.45, 7) is 0.640. The van der Waals surface area contributed by atoms with E-state index >= 15 is 0 Å². The predicted octanol–water partition coefficient (Wildman–Crippen LogP) is 1.44. The molecular formula is C10H13Cl2NO2. The summed E-state index contributed by atoms with van der Waals surface area (Å²) < 4.78 is 0. The number of nitrogens with one attached hydrogen (secondary N) is 1. The number of rotatable bonds is 5. The molecular weight excluding hydrogens is 237 g/mol. The Morgan fingerprint density at radius 3 is 2.33 bits per heavy atom. The minimum Gasteiger partial charge on any atom is -0.394 e. The Kier molecular flexibility index (Phi) is 5.36. The van der Waals surface area contributed by atoms with Gasteiger partial charge >= 0.3 is 0 Å². The largest absolute Gasteiger partial charge is 0.394 e. The highest BCUT2D eigenvalue weighted by Gasteiger charge is 2.02. The minimum atomic E-state index is -0.736. The van der Waals surface area contributed by atoms with Crippen LogP contribution in [-0.2, 0) is 6.54 Å². The fraction of sp³-hybridized carbons (Fsp3) is 0.400. The Morgan fingerprint density at radius 2 is 1.80 bits per heavy atom. The van der Waals surface area contributed by atoms with Crippen molar-refractivity contribution in [2.24, 2.45) is 0 Å². The molecule has 0 amide bonds. The van der Waals surface area contributed by atoms with Crippen molar-refractivity contribution in [3.05, 3.63) is 33.8 Å². The number of aliphatic hydroxyl groups is 2. The number of halogens is 2. The van der Waals surface area contributed by atoms with Gasteiger partial charge < -0.3 is 15.5 Å². The zero-order valence-electron chi connectivity index (χ0n) is 8.08. The molecule has 15 heavy (non-hydrogen) atoms. The summed E-state index contributed by atoms with van der Waals surface area (Å²) in [5.74, 6) is 0. The third-order valence-corrected chi connectivity index (χ3v) is 2.28. The molecule has 1 atom stereocenters. The van der Waals surface area contributed by atoms with Gasteiger partial charge in [0, 0.05) is 23.1 Å². The Bertz CT molecular complexity index is 300. The number of hydrogen-bond acceptors (Lipinski definition) is 3. The molecule has 3 N–H and O–H groups in total. The van der Waals surface area contributed by atoms with Crippen LogP contribution in [0.5, 0.6) is 0 Å². The van der Waals surface area contributed by atoms with Crippen LogP contribution in [0.4, 0.5) is 0 Å². The fourth-order valence-electron chi connectivity index (χ4n) is 1.16. The molecule has 3 nitrogen and oxygen atoms in total. The van der Waals surface area contributed by atoms with E-state index in [1.54, 1.807) is 18.2 Å². The van der Waals surface area contributed by atoms with Gasteiger partial charge in [0.15, 0.2) is 0 Å². The molecule has 1 rings (SSSR count). The molecule has 0 radical (unpaired) electrons. The SMILES string of the molecule is OCC(O)CNCc1cc(Cl)cc(Cl)c1. The van der Waals surface area contributed by atoms with Crippen molar-refractivity contribution in [3.8, 4) is 0 Å². The van der Waals surface area contributed by atoms with E-state index in [2.05, 4.69) is 5.32 Å².